The molecule has 18 heavy (non-hydrogen) atoms. The van der Waals surface area contributed by atoms with Gasteiger partial charge >= 0.3 is 0 Å². The van der Waals surface area contributed by atoms with Gasteiger partial charge < -0.3 is 9.88 Å². The van der Waals surface area contributed by atoms with Gasteiger partial charge in [-0.05, 0) is 31.9 Å². The number of piperidine rings is 1. The first kappa shape index (κ1) is 11.9. The third-order valence-electron chi connectivity index (χ3n) is 3.55. The average molecular weight is 265 g/mol. The molecule has 0 amide bonds. The van der Waals surface area contributed by atoms with Gasteiger partial charge in [0.25, 0.3) is 0 Å². The summed E-state index contributed by atoms with van der Waals surface area (Å²) in [5, 5.41) is 4.20. The number of halogens is 1. The highest BCUT2D eigenvalue weighted by atomic mass is 35.5. The zero-order valence-electron chi connectivity index (χ0n) is 10.3. The van der Waals surface area contributed by atoms with E-state index in [0.717, 1.165) is 30.7 Å². The molecule has 0 aliphatic carbocycles. The third-order valence-corrected chi connectivity index (χ3v) is 3.76. The summed E-state index contributed by atoms with van der Waals surface area (Å²) in [6, 6.07) is 2.50. The van der Waals surface area contributed by atoms with Gasteiger partial charge in [-0.15, -0.1) is 0 Å². The van der Waals surface area contributed by atoms with E-state index < -0.39 is 0 Å². The minimum Gasteiger partial charge on any atom is -0.315 e. The standard InChI is InChI=1S/C13H17ClN4/c14-10-7-12-13(16-8-10)18(9-17-12)6-4-11-3-1-2-5-15-11/h7-9,11,15H,1-6H2. The molecular weight excluding hydrogens is 248 g/mol. The van der Waals surface area contributed by atoms with E-state index in [1.54, 1.807) is 6.20 Å². The van der Waals surface area contributed by atoms with E-state index in [1.165, 1.54) is 19.3 Å². The Kier molecular flexibility index (Phi) is 3.48. The second-order valence-electron chi connectivity index (χ2n) is 4.87. The molecule has 1 N–H and O–H groups in total. The summed E-state index contributed by atoms with van der Waals surface area (Å²) in [4.78, 5) is 8.69. The van der Waals surface area contributed by atoms with Gasteiger partial charge in [-0.3, -0.25) is 0 Å². The van der Waals surface area contributed by atoms with Crippen LogP contribution in [-0.4, -0.2) is 27.1 Å². The molecule has 3 rings (SSSR count). The van der Waals surface area contributed by atoms with Gasteiger partial charge in [-0.1, -0.05) is 18.0 Å². The van der Waals surface area contributed by atoms with E-state index in [-0.39, 0.29) is 0 Å². The van der Waals surface area contributed by atoms with E-state index in [1.807, 2.05) is 12.4 Å². The van der Waals surface area contributed by atoms with Crippen LogP contribution in [0.2, 0.25) is 5.02 Å². The zero-order valence-corrected chi connectivity index (χ0v) is 11.0. The molecule has 1 atom stereocenters. The van der Waals surface area contributed by atoms with Crippen molar-refractivity contribution < 1.29 is 0 Å². The summed E-state index contributed by atoms with van der Waals surface area (Å²) in [5.74, 6) is 0. The van der Waals surface area contributed by atoms with E-state index in [2.05, 4.69) is 19.9 Å². The Morgan fingerprint density at radius 1 is 1.39 bits per heavy atom. The van der Waals surface area contributed by atoms with E-state index >= 15 is 0 Å². The average Bonchev–Trinajstić information content (AvgIpc) is 2.80. The number of pyridine rings is 1. The topological polar surface area (TPSA) is 42.7 Å². The first-order valence-corrected chi connectivity index (χ1v) is 6.90. The van der Waals surface area contributed by atoms with Gasteiger partial charge in [-0.2, -0.15) is 0 Å². The lowest BCUT2D eigenvalue weighted by Gasteiger charge is -2.23. The molecule has 0 radical (unpaired) electrons. The van der Waals surface area contributed by atoms with Crippen molar-refractivity contribution in [3.05, 3.63) is 23.6 Å². The molecule has 0 spiro atoms. The van der Waals surface area contributed by atoms with Crippen LogP contribution in [0.3, 0.4) is 0 Å². The summed E-state index contributed by atoms with van der Waals surface area (Å²) < 4.78 is 2.11. The lowest BCUT2D eigenvalue weighted by Crippen LogP contribution is -2.34. The molecule has 3 heterocycles. The van der Waals surface area contributed by atoms with Crippen LogP contribution in [0.25, 0.3) is 11.2 Å². The largest absolute Gasteiger partial charge is 0.315 e. The van der Waals surface area contributed by atoms with Gasteiger partial charge in [0, 0.05) is 18.8 Å². The SMILES string of the molecule is Clc1cnc2c(c1)ncn2CCC1CCCCN1. The van der Waals surface area contributed by atoms with E-state index in [4.69, 9.17) is 11.6 Å². The van der Waals surface area contributed by atoms with Gasteiger partial charge in [0.2, 0.25) is 0 Å². The summed E-state index contributed by atoms with van der Waals surface area (Å²) in [6.45, 7) is 2.12. The Labute approximate surface area is 111 Å². The maximum Gasteiger partial charge on any atom is 0.159 e. The molecule has 2 aromatic heterocycles. The molecule has 0 saturated carbocycles. The number of aryl methyl sites for hydroxylation is 1. The number of fused-ring (bicyclic) bond motifs is 1. The van der Waals surface area contributed by atoms with Crippen molar-refractivity contribution in [1.82, 2.24) is 19.9 Å². The van der Waals surface area contributed by atoms with Gasteiger partial charge in [0.15, 0.2) is 5.65 Å². The Balaban J connectivity index is 1.70. The van der Waals surface area contributed by atoms with Crippen molar-refractivity contribution in [3.63, 3.8) is 0 Å². The Morgan fingerprint density at radius 3 is 3.17 bits per heavy atom. The van der Waals surface area contributed by atoms with Crippen molar-refractivity contribution in [2.45, 2.75) is 38.3 Å². The zero-order chi connectivity index (χ0) is 12.4. The summed E-state index contributed by atoms with van der Waals surface area (Å²) in [7, 11) is 0. The van der Waals surface area contributed by atoms with Gasteiger partial charge in [0.1, 0.15) is 5.52 Å². The summed E-state index contributed by atoms with van der Waals surface area (Å²) >= 11 is 5.90. The fourth-order valence-electron chi connectivity index (χ4n) is 2.55. The van der Waals surface area contributed by atoms with E-state index in [0.29, 0.717) is 11.1 Å². The molecule has 0 bridgehead atoms. The highest BCUT2D eigenvalue weighted by Crippen LogP contribution is 2.17. The molecular formula is C13H17ClN4. The minimum absolute atomic E-state index is 0.640. The molecule has 1 unspecified atom stereocenters. The highest BCUT2D eigenvalue weighted by molar-refractivity contribution is 6.30. The van der Waals surface area contributed by atoms with Crippen LogP contribution in [0, 0.1) is 0 Å². The minimum atomic E-state index is 0.640. The Hall–Kier alpha value is -1.13. The first-order valence-electron chi connectivity index (χ1n) is 6.53. The lowest BCUT2D eigenvalue weighted by atomic mass is 10.0. The maximum atomic E-state index is 5.90. The molecule has 2 aromatic rings. The first-order chi connectivity index (χ1) is 8.83. The molecule has 4 nitrogen and oxygen atoms in total. The summed E-state index contributed by atoms with van der Waals surface area (Å²) in [5.41, 5.74) is 1.80. The number of nitrogens with zero attached hydrogens (tertiary/aromatic N) is 3. The van der Waals surface area contributed by atoms with Crippen molar-refractivity contribution in [2.24, 2.45) is 0 Å². The number of nitrogens with one attached hydrogen (secondary N) is 1. The van der Waals surface area contributed by atoms with E-state index in [9.17, 15) is 0 Å². The Morgan fingerprint density at radius 2 is 2.33 bits per heavy atom. The molecule has 5 heteroatoms. The predicted molar refractivity (Wildman–Crippen MR) is 72.8 cm³/mol. The molecule has 1 aliphatic heterocycles. The van der Waals surface area contributed by atoms with Crippen LogP contribution in [0.15, 0.2) is 18.6 Å². The van der Waals surface area contributed by atoms with Gasteiger partial charge in [0.05, 0.1) is 11.3 Å². The second-order valence-corrected chi connectivity index (χ2v) is 5.31. The second kappa shape index (κ2) is 5.24. The van der Waals surface area contributed by atoms with Crippen molar-refractivity contribution >= 4 is 22.8 Å². The number of hydrogen-bond acceptors (Lipinski definition) is 3. The molecule has 1 saturated heterocycles. The van der Waals surface area contributed by atoms with Gasteiger partial charge in [-0.25, -0.2) is 9.97 Å². The molecule has 1 fully saturated rings. The maximum absolute atomic E-state index is 5.90. The van der Waals surface area contributed by atoms with Crippen LogP contribution in [0.4, 0.5) is 0 Å². The monoisotopic (exact) mass is 264 g/mol. The van der Waals surface area contributed by atoms with Crippen molar-refractivity contribution in [3.8, 4) is 0 Å². The van der Waals surface area contributed by atoms with Crippen molar-refractivity contribution in [2.75, 3.05) is 6.54 Å². The Bertz CT molecular complexity index is 531. The number of rotatable bonds is 3. The fraction of sp³-hybridized carbons (Fsp3) is 0.538. The predicted octanol–water partition coefficient (Wildman–Crippen LogP) is 2.62. The fourth-order valence-corrected chi connectivity index (χ4v) is 2.71. The normalized spacial score (nSPS) is 20.4. The van der Waals surface area contributed by atoms with Crippen LogP contribution in [0.1, 0.15) is 25.7 Å². The highest BCUT2D eigenvalue weighted by Gasteiger charge is 2.13. The van der Waals surface area contributed by atoms with Crippen LogP contribution in [0.5, 0.6) is 0 Å². The molecule has 1 aliphatic rings. The van der Waals surface area contributed by atoms with Crippen molar-refractivity contribution in [1.29, 1.82) is 0 Å². The molecule has 96 valence electrons. The number of aromatic nitrogens is 3. The third kappa shape index (κ3) is 2.49. The molecule has 0 aromatic carbocycles. The van der Waals surface area contributed by atoms with Crippen LogP contribution >= 0.6 is 11.6 Å². The lowest BCUT2D eigenvalue weighted by molar-refractivity contribution is 0.368. The number of hydrogen-bond donors (Lipinski definition) is 1. The number of imidazole rings is 1. The summed E-state index contributed by atoms with van der Waals surface area (Å²) in [6.07, 6.45) is 8.61. The van der Waals surface area contributed by atoms with Crippen LogP contribution < -0.4 is 5.32 Å². The smallest absolute Gasteiger partial charge is 0.159 e. The van der Waals surface area contributed by atoms with Crippen LogP contribution in [-0.2, 0) is 6.54 Å². The quantitative estimate of drug-likeness (QED) is 0.927.